The first-order valence-corrected chi connectivity index (χ1v) is 16.0. The van der Waals surface area contributed by atoms with E-state index in [2.05, 4.69) is 0 Å². The fourth-order valence-electron chi connectivity index (χ4n) is 7.77. The fraction of sp³-hybridized carbons (Fsp3) is 0.268. The molecule has 47 heavy (non-hydrogen) atoms. The first-order chi connectivity index (χ1) is 22.5. The Morgan fingerprint density at radius 3 is 0.787 bits per heavy atom. The predicted octanol–water partition coefficient (Wildman–Crippen LogP) is 4.23. The summed E-state index contributed by atoms with van der Waals surface area (Å²) in [6, 6.07) is 44.5. The molecule has 5 aromatic carbocycles. The van der Waals surface area contributed by atoms with Gasteiger partial charge in [-0.2, -0.15) is 0 Å². The van der Waals surface area contributed by atoms with Crippen molar-refractivity contribution in [1.29, 1.82) is 0 Å². The largest absolute Gasteiger partial charge is 0.387 e. The highest BCUT2D eigenvalue weighted by atomic mass is 16.5. The number of benzene rings is 5. The highest BCUT2D eigenvalue weighted by Gasteiger charge is 2.82. The van der Waals surface area contributed by atoms with Gasteiger partial charge in [0.05, 0.1) is 0 Å². The average Bonchev–Trinajstić information content (AvgIpc) is 3.09. The number of aliphatic hydroxyl groups excluding tert-OH is 1. The van der Waals surface area contributed by atoms with E-state index in [-0.39, 0.29) is 32.1 Å². The van der Waals surface area contributed by atoms with Crippen molar-refractivity contribution in [3.8, 4) is 0 Å². The van der Waals surface area contributed by atoms with Crippen LogP contribution in [0.5, 0.6) is 0 Å². The molecule has 6 N–H and O–H groups in total. The fourth-order valence-corrected chi connectivity index (χ4v) is 7.77. The van der Waals surface area contributed by atoms with E-state index < -0.39 is 34.1 Å². The highest BCUT2D eigenvalue weighted by molar-refractivity contribution is 5.42. The van der Waals surface area contributed by atoms with Gasteiger partial charge in [-0.15, -0.1) is 0 Å². The summed E-state index contributed by atoms with van der Waals surface area (Å²) in [5.74, 6) is 0. The molecule has 0 unspecified atom stereocenters. The van der Waals surface area contributed by atoms with Gasteiger partial charge in [0.2, 0.25) is 0 Å². The van der Waals surface area contributed by atoms with Crippen LogP contribution in [-0.2, 0) is 32.1 Å². The molecule has 6 nitrogen and oxygen atoms in total. The van der Waals surface area contributed by atoms with Crippen molar-refractivity contribution in [2.45, 2.75) is 66.2 Å². The Balaban J connectivity index is 1.67. The highest BCUT2D eigenvalue weighted by Crippen LogP contribution is 2.59. The molecule has 0 aromatic heterocycles. The van der Waals surface area contributed by atoms with Gasteiger partial charge in [-0.3, -0.25) is 0 Å². The third-order valence-electron chi connectivity index (χ3n) is 10.2. The Morgan fingerprint density at radius 1 is 0.319 bits per heavy atom. The molecular formula is C41H42O6. The lowest BCUT2D eigenvalue weighted by Crippen LogP contribution is -2.93. The molecule has 6 atom stereocenters. The van der Waals surface area contributed by atoms with Crippen LogP contribution >= 0.6 is 0 Å². The quantitative estimate of drug-likeness (QED) is 0.137. The summed E-state index contributed by atoms with van der Waals surface area (Å²) in [6.45, 7) is 0. The monoisotopic (exact) mass is 630 g/mol. The summed E-state index contributed by atoms with van der Waals surface area (Å²) in [5, 5.41) is 78.9. The smallest absolute Gasteiger partial charge is 0.132 e. The summed E-state index contributed by atoms with van der Waals surface area (Å²) in [4.78, 5) is 0. The van der Waals surface area contributed by atoms with E-state index in [0.29, 0.717) is 27.8 Å². The van der Waals surface area contributed by atoms with Crippen LogP contribution in [-0.4, -0.2) is 64.7 Å². The van der Waals surface area contributed by atoms with Gasteiger partial charge in [-0.25, -0.2) is 0 Å². The minimum absolute atomic E-state index is 0.325. The third-order valence-corrected chi connectivity index (χ3v) is 10.2. The van der Waals surface area contributed by atoms with Crippen LogP contribution in [0.3, 0.4) is 0 Å². The number of hydrogen-bond acceptors (Lipinski definition) is 6. The van der Waals surface area contributed by atoms with Crippen LogP contribution in [0.15, 0.2) is 152 Å². The normalized spacial score (nSPS) is 30.6. The SMILES string of the molecule is O[C@@H]1[C@](O)(Cc2ccccc2)[C@](O)(Cc2ccccc2)[C@](O)(Cc2ccccc2)[C@@](O)(Cc2ccccc2)[C@]1(O)Cc1ccccc1. The van der Waals surface area contributed by atoms with Crippen molar-refractivity contribution >= 4 is 0 Å². The average molecular weight is 631 g/mol. The molecule has 1 aliphatic carbocycles. The summed E-state index contributed by atoms with van der Waals surface area (Å²) < 4.78 is 0. The Bertz CT molecular complexity index is 1630. The number of aliphatic hydroxyl groups is 6. The first kappa shape index (κ1) is 32.8. The molecular weight excluding hydrogens is 588 g/mol. The third kappa shape index (κ3) is 5.61. The maximum Gasteiger partial charge on any atom is 0.132 e. The molecule has 0 radical (unpaired) electrons. The predicted molar refractivity (Wildman–Crippen MR) is 181 cm³/mol. The van der Waals surface area contributed by atoms with Gasteiger partial charge in [0.1, 0.15) is 34.1 Å². The van der Waals surface area contributed by atoms with Crippen molar-refractivity contribution in [2.24, 2.45) is 0 Å². The van der Waals surface area contributed by atoms with E-state index in [4.69, 9.17) is 0 Å². The van der Waals surface area contributed by atoms with Crippen LogP contribution in [0.2, 0.25) is 0 Å². The Morgan fingerprint density at radius 2 is 0.532 bits per heavy atom. The van der Waals surface area contributed by atoms with Crippen LogP contribution in [0, 0.1) is 0 Å². The van der Waals surface area contributed by atoms with Gasteiger partial charge in [-0.1, -0.05) is 152 Å². The molecule has 0 saturated heterocycles. The van der Waals surface area contributed by atoms with Crippen molar-refractivity contribution < 1.29 is 30.6 Å². The zero-order valence-corrected chi connectivity index (χ0v) is 26.2. The molecule has 1 aliphatic rings. The molecule has 0 bridgehead atoms. The summed E-state index contributed by atoms with van der Waals surface area (Å²) in [6.07, 6.45) is -3.80. The topological polar surface area (TPSA) is 121 Å². The van der Waals surface area contributed by atoms with Gasteiger partial charge in [0.25, 0.3) is 0 Å². The standard InChI is InChI=1S/C41H42O6/c42-36-37(43,26-31-16-6-1-7-17-31)39(45,28-33-20-10-3-11-21-33)41(47,30-35-24-14-5-15-25-35)40(46,29-34-22-12-4-13-23-34)38(36,44)27-32-18-8-2-9-19-32/h1-25,36,42-47H,26-30H2/t36-,37-,38+,39-,40-,41-/m1/s1. The zero-order chi connectivity index (χ0) is 33.2. The molecule has 0 aliphatic heterocycles. The summed E-state index contributed by atoms with van der Waals surface area (Å²) in [5.41, 5.74) is -10.2. The lowest BCUT2D eigenvalue weighted by Gasteiger charge is -2.69. The van der Waals surface area contributed by atoms with E-state index in [0.717, 1.165) is 0 Å². The van der Waals surface area contributed by atoms with E-state index in [1.807, 2.05) is 30.3 Å². The van der Waals surface area contributed by atoms with Crippen molar-refractivity contribution in [2.75, 3.05) is 0 Å². The molecule has 242 valence electrons. The second-order valence-electron chi connectivity index (χ2n) is 13.1. The minimum Gasteiger partial charge on any atom is -0.387 e. The van der Waals surface area contributed by atoms with Crippen LogP contribution in [0.25, 0.3) is 0 Å². The van der Waals surface area contributed by atoms with Crippen molar-refractivity contribution in [1.82, 2.24) is 0 Å². The Kier molecular flexibility index (Phi) is 8.94. The summed E-state index contributed by atoms with van der Waals surface area (Å²) in [7, 11) is 0. The van der Waals surface area contributed by atoms with E-state index in [9.17, 15) is 30.6 Å². The van der Waals surface area contributed by atoms with Crippen LogP contribution in [0.4, 0.5) is 0 Å². The van der Waals surface area contributed by atoms with Gasteiger partial charge in [-0.05, 0) is 27.8 Å². The molecule has 1 fully saturated rings. The van der Waals surface area contributed by atoms with Crippen molar-refractivity contribution in [3.05, 3.63) is 179 Å². The Hall–Kier alpha value is -4.14. The molecule has 1 saturated carbocycles. The zero-order valence-electron chi connectivity index (χ0n) is 26.2. The molecule has 5 aromatic rings. The molecule has 0 heterocycles. The molecule has 0 amide bonds. The Labute approximate surface area is 275 Å². The summed E-state index contributed by atoms with van der Waals surface area (Å²) >= 11 is 0. The molecule has 6 rings (SSSR count). The first-order valence-electron chi connectivity index (χ1n) is 16.0. The van der Waals surface area contributed by atoms with Gasteiger partial charge in [0, 0.05) is 32.1 Å². The maximum absolute atomic E-state index is 13.5. The van der Waals surface area contributed by atoms with E-state index in [1.54, 1.807) is 121 Å². The van der Waals surface area contributed by atoms with Crippen molar-refractivity contribution in [3.63, 3.8) is 0 Å². The second kappa shape index (κ2) is 12.8. The maximum atomic E-state index is 13.5. The minimum atomic E-state index is -2.64. The number of hydrogen-bond donors (Lipinski definition) is 6. The van der Waals surface area contributed by atoms with Crippen LogP contribution < -0.4 is 0 Å². The lowest BCUT2D eigenvalue weighted by molar-refractivity contribution is -0.408. The van der Waals surface area contributed by atoms with E-state index >= 15 is 0 Å². The number of rotatable bonds is 10. The molecule has 0 spiro atoms. The van der Waals surface area contributed by atoms with Gasteiger partial charge in [0.15, 0.2) is 0 Å². The van der Waals surface area contributed by atoms with E-state index in [1.165, 1.54) is 0 Å². The second-order valence-corrected chi connectivity index (χ2v) is 13.1. The lowest BCUT2D eigenvalue weighted by atomic mass is 9.44. The van der Waals surface area contributed by atoms with Gasteiger partial charge >= 0.3 is 0 Å². The molecule has 6 heteroatoms. The van der Waals surface area contributed by atoms with Gasteiger partial charge < -0.3 is 30.6 Å². The van der Waals surface area contributed by atoms with Crippen LogP contribution in [0.1, 0.15) is 27.8 Å².